The average Bonchev–Trinajstić information content (AvgIpc) is 2.76. The van der Waals surface area contributed by atoms with Crippen molar-refractivity contribution in [3.8, 4) is 17.2 Å². The summed E-state index contributed by atoms with van der Waals surface area (Å²) in [6.07, 6.45) is -5.94. The first-order chi connectivity index (χ1) is 16.0. The van der Waals surface area contributed by atoms with Crippen LogP contribution in [0.5, 0.6) is 17.2 Å². The van der Waals surface area contributed by atoms with Gasteiger partial charge in [0.15, 0.2) is 24.8 Å². The molecule has 2 aromatic carbocycles. The Morgan fingerprint density at radius 2 is 1.50 bits per heavy atom. The molecule has 2 amide bonds. The molecule has 0 bridgehead atoms. The molecule has 0 saturated carbocycles. The van der Waals surface area contributed by atoms with Crippen LogP contribution in [0.25, 0.3) is 0 Å². The van der Waals surface area contributed by atoms with Crippen LogP contribution in [-0.2, 0) is 9.59 Å². The first-order valence-corrected chi connectivity index (χ1v) is 9.80. The first-order valence-electron chi connectivity index (χ1n) is 9.80. The lowest BCUT2D eigenvalue weighted by Crippen LogP contribution is -2.37. The quantitative estimate of drug-likeness (QED) is 0.393. The van der Waals surface area contributed by atoms with Crippen LogP contribution in [0.1, 0.15) is 6.42 Å². The number of carbonyl (C=O) groups is 2. The lowest BCUT2D eigenvalue weighted by molar-refractivity contribution is -0.275. The Bertz CT molecular complexity index is 956. The van der Waals surface area contributed by atoms with Gasteiger partial charge in [0, 0.05) is 19.2 Å². The number of benzene rings is 2. The summed E-state index contributed by atoms with van der Waals surface area (Å²) in [5.41, 5.74) is 0. The van der Waals surface area contributed by atoms with E-state index in [0.29, 0.717) is 17.9 Å². The number of carbonyl (C=O) groups excluding carboxylic acids is 2. The van der Waals surface area contributed by atoms with Gasteiger partial charge >= 0.3 is 6.36 Å². The summed E-state index contributed by atoms with van der Waals surface area (Å²) < 4.78 is 76.4. The van der Waals surface area contributed by atoms with Gasteiger partial charge in [-0.3, -0.25) is 9.59 Å². The zero-order valence-electron chi connectivity index (χ0n) is 17.5. The van der Waals surface area contributed by atoms with E-state index in [9.17, 15) is 36.6 Å². The zero-order valence-corrected chi connectivity index (χ0v) is 17.5. The molecule has 0 aliphatic rings. The van der Waals surface area contributed by atoms with Crippen LogP contribution in [0.2, 0.25) is 0 Å². The number of halogens is 5. The molecule has 34 heavy (non-hydrogen) atoms. The van der Waals surface area contributed by atoms with Crippen molar-refractivity contribution in [2.45, 2.75) is 18.9 Å². The second kappa shape index (κ2) is 12.6. The molecule has 186 valence electrons. The van der Waals surface area contributed by atoms with Gasteiger partial charge in [0.1, 0.15) is 17.3 Å². The van der Waals surface area contributed by atoms with E-state index in [4.69, 9.17) is 9.47 Å². The van der Waals surface area contributed by atoms with Crippen molar-refractivity contribution in [2.75, 3.05) is 26.3 Å². The SMILES string of the molecule is O=C(COc1ccc(OC(F)(F)F)c(F)c1)NCC[C@H](O)CNC(=O)COc1ccc(F)cc1. The van der Waals surface area contributed by atoms with E-state index in [0.717, 1.165) is 6.07 Å². The summed E-state index contributed by atoms with van der Waals surface area (Å²) in [7, 11) is 0. The van der Waals surface area contributed by atoms with Crippen molar-refractivity contribution >= 4 is 11.8 Å². The highest BCUT2D eigenvalue weighted by Gasteiger charge is 2.32. The normalized spacial score (nSPS) is 11.9. The maximum Gasteiger partial charge on any atom is 0.573 e. The fraction of sp³-hybridized carbons (Fsp3) is 0.333. The van der Waals surface area contributed by atoms with E-state index in [1.54, 1.807) is 0 Å². The Hall–Kier alpha value is -3.61. The topological polar surface area (TPSA) is 106 Å². The Balaban J connectivity index is 1.60. The van der Waals surface area contributed by atoms with Gasteiger partial charge in [0.2, 0.25) is 0 Å². The number of hydrogen-bond donors (Lipinski definition) is 3. The minimum Gasteiger partial charge on any atom is -0.484 e. The number of nitrogens with one attached hydrogen (secondary N) is 2. The molecule has 0 aliphatic carbocycles. The largest absolute Gasteiger partial charge is 0.573 e. The van der Waals surface area contributed by atoms with Crippen LogP contribution < -0.4 is 24.8 Å². The molecule has 0 aliphatic heterocycles. The molecule has 2 aromatic rings. The number of aliphatic hydroxyl groups is 1. The highest BCUT2D eigenvalue weighted by molar-refractivity contribution is 5.78. The predicted octanol–water partition coefficient (Wildman–Crippen LogP) is 2.30. The number of rotatable bonds is 12. The highest BCUT2D eigenvalue weighted by atomic mass is 19.4. The molecule has 0 heterocycles. The number of aliphatic hydroxyl groups excluding tert-OH is 1. The molecule has 3 N–H and O–H groups in total. The molecular formula is C21H21F5N2O6. The van der Waals surface area contributed by atoms with Gasteiger partial charge in [-0.25, -0.2) is 8.78 Å². The Morgan fingerprint density at radius 3 is 2.12 bits per heavy atom. The van der Waals surface area contributed by atoms with Crippen molar-refractivity contribution in [3.63, 3.8) is 0 Å². The van der Waals surface area contributed by atoms with Gasteiger partial charge in [-0.1, -0.05) is 0 Å². The zero-order chi connectivity index (χ0) is 25.1. The van der Waals surface area contributed by atoms with Crippen molar-refractivity contribution in [1.82, 2.24) is 10.6 Å². The fourth-order valence-corrected chi connectivity index (χ4v) is 2.42. The summed E-state index contributed by atoms with van der Waals surface area (Å²) in [5, 5.41) is 14.7. The molecule has 0 unspecified atom stereocenters. The van der Waals surface area contributed by atoms with Crippen LogP contribution >= 0.6 is 0 Å². The second-order valence-electron chi connectivity index (χ2n) is 6.77. The summed E-state index contributed by atoms with van der Waals surface area (Å²) in [6.45, 7) is -0.968. The van der Waals surface area contributed by atoms with Crippen molar-refractivity contribution in [1.29, 1.82) is 0 Å². The first kappa shape index (κ1) is 26.6. The van der Waals surface area contributed by atoms with Crippen molar-refractivity contribution < 1.29 is 50.9 Å². The van der Waals surface area contributed by atoms with Crippen LogP contribution in [0.15, 0.2) is 42.5 Å². The lowest BCUT2D eigenvalue weighted by Gasteiger charge is -2.13. The summed E-state index contributed by atoms with van der Waals surface area (Å²) in [4.78, 5) is 23.5. The third kappa shape index (κ3) is 10.3. The van der Waals surface area contributed by atoms with E-state index >= 15 is 0 Å². The number of amides is 2. The summed E-state index contributed by atoms with van der Waals surface area (Å²) in [5.74, 6) is -3.82. The molecule has 0 saturated heterocycles. The molecule has 2 rings (SSSR count). The number of alkyl halides is 3. The second-order valence-corrected chi connectivity index (χ2v) is 6.77. The van der Waals surface area contributed by atoms with Gasteiger partial charge in [-0.05, 0) is 42.8 Å². The standard InChI is InChI=1S/C21H21F5N2O6/c22-13-1-3-15(4-2-13)32-12-20(31)28-10-14(29)7-8-27-19(30)11-33-16-5-6-18(17(23)9-16)34-21(24,25)26/h1-6,9,14,29H,7-8,10-12H2,(H,27,30)(H,28,31)/t14-/m0/s1. The Labute approximate surface area is 190 Å². The minimum atomic E-state index is -5.05. The molecule has 0 spiro atoms. The van der Waals surface area contributed by atoms with Gasteiger partial charge < -0.3 is 30.0 Å². The van der Waals surface area contributed by atoms with E-state index in [1.165, 1.54) is 24.3 Å². The minimum absolute atomic E-state index is 0.0258. The summed E-state index contributed by atoms with van der Waals surface area (Å²) >= 11 is 0. The average molecular weight is 492 g/mol. The van der Waals surface area contributed by atoms with Crippen LogP contribution in [0.4, 0.5) is 22.0 Å². The monoisotopic (exact) mass is 492 g/mol. The molecule has 0 aromatic heterocycles. The molecule has 0 fully saturated rings. The molecule has 13 heteroatoms. The van der Waals surface area contributed by atoms with Crippen LogP contribution in [0.3, 0.4) is 0 Å². The molecule has 1 atom stereocenters. The van der Waals surface area contributed by atoms with Gasteiger partial charge in [0.25, 0.3) is 11.8 Å². The molecular weight excluding hydrogens is 471 g/mol. The third-order valence-corrected chi connectivity index (χ3v) is 4.02. The highest BCUT2D eigenvalue weighted by Crippen LogP contribution is 2.28. The smallest absolute Gasteiger partial charge is 0.484 e. The predicted molar refractivity (Wildman–Crippen MR) is 107 cm³/mol. The van der Waals surface area contributed by atoms with E-state index < -0.39 is 48.3 Å². The van der Waals surface area contributed by atoms with Crippen LogP contribution in [0, 0.1) is 11.6 Å². The third-order valence-electron chi connectivity index (χ3n) is 4.02. The Morgan fingerprint density at radius 1 is 0.912 bits per heavy atom. The maximum absolute atomic E-state index is 13.6. The maximum atomic E-state index is 13.6. The van der Waals surface area contributed by atoms with Gasteiger partial charge in [-0.2, -0.15) is 0 Å². The van der Waals surface area contributed by atoms with Crippen molar-refractivity contribution in [2.24, 2.45) is 0 Å². The Kier molecular flexibility index (Phi) is 9.86. The number of hydrogen-bond acceptors (Lipinski definition) is 6. The lowest BCUT2D eigenvalue weighted by atomic mass is 10.2. The number of ether oxygens (including phenoxy) is 3. The van der Waals surface area contributed by atoms with E-state index in [-0.39, 0.29) is 31.9 Å². The summed E-state index contributed by atoms with van der Waals surface area (Å²) in [6, 6.07) is 7.43. The van der Waals surface area contributed by atoms with Gasteiger partial charge in [0.05, 0.1) is 6.10 Å². The van der Waals surface area contributed by atoms with Crippen LogP contribution in [-0.4, -0.2) is 55.7 Å². The molecule has 0 radical (unpaired) electrons. The van der Waals surface area contributed by atoms with Gasteiger partial charge in [-0.15, -0.1) is 13.2 Å². The van der Waals surface area contributed by atoms with E-state index in [2.05, 4.69) is 15.4 Å². The molecule has 8 nitrogen and oxygen atoms in total. The van der Waals surface area contributed by atoms with Crippen molar-refractivity contribution in [3.05, 3.63) is 54.1 Å². The fourth-order valence-electron chi connectivity index (χ4n) is 2.42. The van der Waals surface area contributed by atoms with E-state index in [1.807, 2.05) is 0 Å².